The summed E-state index contributed by atoms with van der Waals surface area (Å²) in [5.74, 6) is 0. The van der Waals surface area contributed by atoms with Gasteiger partial charge in [-0.1, -0.05) is 43.5 Å². The van der Waals surface area contributed by atoms with E-state index < -0.39 is 0 Å². The Morgan fingerprint density at radius 3 is 2.71 bits per heavy atom. The van der Waals surface area contributed by atoms with Crippen LogP contribution in [-0.4, -0.2) is 18.2 Å². The van der Waals surface area contributed by atoms with Crippen LogP contribution in [0.2, 0.25) is 0 Å². The SMILES string of the molecule is Cc1ccccc1[C@@H](C)NC1CCOC2(CCCCC2)C1. The molecule has 2 heteroatoms. The molecule has 1 saturated heterocycles. The van der Waals surface area contributed by atoms with Crippen LogP contribution in [0.25, 0.3) is 0 Å². The fraction of sp³-hybridized carbons (Fsp3) is 0.684. The first-order valence-corrected chi connectivity index (χ1v) is 8.64. The molecule has 0 amide bonds. The standard InChI is InChI=1S/C19H29NO/c1-15-8-4-5-9-18(15)16(2)20-17-10-13-21-19(14-17)11-6-3-7-12-19/h4-5,8-9,16-17,20H,3,6-7,10-14H2,1-2H3/t16-,17?/m1/s1. The van der Waals surface area contributed by atoms with Crippen molar-refractivity contribution in [3.63, 3.8) is 0 Å². The molecule has 0 bridgehead atoms. The highest BCUT2D eigenvalue weighted by molar-refractivity contribution is 5.28. The second-order valence-electron chi connectivity index (χ2n) is 7.03. The quantitative estimate of drug-likeness (QED) is 0.882. The average Bonchev–Trinajstić information content (AvgIpc) is 2.48. The zero-order valence-corrected chi connectivity index (χ0v) is 13.5. The van der Waals surface area contributed by atoms with Crippen LogP contribution in [0.5, 0.6) is 0 Å². The number of ether oxygens (including phenoxy) is 1. The normalized spacial score (nSPS) is 26.7. The number of hydrogen-bond donors (Lipinski definition) is 1. The van der Waals surface area contributed by atoms with Gasteiger partial charge in [0.1, 0.15) is 0 Å². The molecule has 2 atom stereocenters. The Bertz CT molecular complexity index is 459. The summed E-state index contributed by atoms with van der Waals surface area (Å²) < 4.78 is 6.21. The van der Waals surface area contributed by atoms with Crippen molar-refractivity contribution >= 4 is 0 Å². The van der Waals surface area contributed by atoms with Crippen molar-refractivity contribution in [3.8, 4) is 0 Å². The predicted molar refractivity (Wildman–Crippen MR) is 87.5 cm³/mol. The smallest absolute Gasteiger partial charge is 0.0697 e. The van der Waals surface area contributed by atoms with Gasteiger partial charge in [-0.3, -0.25) is 0 Å². The van der Waals surface area contributed by atoms with Crippen molar-refractivity contribution < 1.29 is 4.74 Å². The molecule has 0 radical (unpaired) electrons. The molecule has 1 aromatic carbocycles. The molecule has 1 N–H and O–H groups in total. The molecule has 1 aliphatic heterocycles. The Labute approximate surface area is 129 Å². The van der Waals surface area contributed by atoms with Gasteiger partial charge in [-0.2, -0.15) is 0 Å². The molecule has 116 valence electrons. The third-order valence-electron chi connectivity index (χ3n) is 5.40. The number of benzene rings is 1. The van der Waals surface area contributed by atoms with Crippen LogP contribution >= 0.6 is 0 Å². The molecule has 1 aromatic rings. The van der Waals surface area contributed by atoms with Crippen molar-refractivity contribution in [1.82, 2.24) is 5.32 Å². The van der Waals surface area contributed by atoms with Crippen molar-refractivity contribution in [1.29, 1.82) is 0 Å². The molecule has 1 saturated carbocycles. The lowest BCUT2D eigenvalue weighted by molar-refractivity contribution is -0.110. The molecule has 3 rings (SSSR count). The number of rotatable bonds is 3. The summed E-state index contributed by atoms with van der Waals surface area (Å²) in [6, 6.07) is 9.76. The summed E-state index contributed by atoms with van der Waals surface area (Å²) in [4.78, 5) is 0. The van der Waals surface area contributed by atoms with Crippen molar-refractivity contribution in [2.45, 2.75) is 76.5 Å². The van der Waals surface area contributed by atoms with Gasteiger partial charge in [-0.25, -0.2) is 0 Å². The van der Waals surface area contributed by atoms with Crippen LogP contribution < -0.4 is 5.32 Å². The zero-order chi connectivity index (χ0) is 14.7. The summed E-state index contributed by atoms with van der Waals surface area (Å²) in [6.45, 7) is 5.43. The summed E-state index contributed by atoms with van der Waals surface area (Å²) in [5.41, 5.74) is 3.01. The van der Waals surface area contributed by atoms with E-state index in [4.69, 9.17) is 4.74 Å². The molecular formula is C19H29NO. The van der Waals surface area contributed by atoms with Crippen molar-refractivity contribution in [3.05, 3.63) is 35.4 Å². The Morgan fingerprint density at radius 1 is 1.19 bits per heavy atom. The summed E-state index contributed by atoms with van der Waals surface area (Å²) in [5, 5.41) is 3.87. The maximum absolute atomic E-state index is 6.21. The first-order chi connectivity index (χ1) is 10.2. The van der Waals surface area contributed by atoms with Crippen LogP contribution in [0.4, 0.5) is 0 Å². The third-order valence-corrected chi connectivity index (χ3v) is 5.40. The van der Waals surface area contributed by atoms with Gasteiger partial charge in [0, 0.05) is 18.7 Å². The summed E-state index contributed by atoms with van der Waals surface area (Å²) in [7, 11) is 0. The van der Waals surface area contributed by atoms with Crippen LogP contribution in [0.15, 0.2) is 24.3 Å². The minimum Gasteiger partial charge on any atom is -0.375 e. The first-order valence-electron chi connectivity index (χ1n) is 8.64. The van der Waals surface area contributed by atoms with E-state index in [2.05, 4.69) is 43.4 Å². The number of aryl methyl sites for hydroxylation is 1. The van der Waals surface area contributed by atoms with Gasteiger partial charge in [-0.15, -0.1) is 0 Å². The molecule has 2 fully saturated rings. The van der Waals surface area contributed by atoms with Gasteiger partial charge < -0.3 is 10.1 Å². The highest BCUT2D eigenvalue weighted by Crippen LogP contribution is 2.39. The van der Waals surface area contributed by atoms with Gasteiger partial charge in [0.15, 0.2) is 0 Å². The maximum atomic E-state index is 6.21. The molecule has 1 unspecified atom stereocenters. The van der Waals surface area contributed by atoms with Gasteiger partial charge in [-0.05, 0) is 50.7 Å². The van der Waals surface area contributed by atoms with Gasteiger partial charge in [0.2, 0.25) is 0 Å². The minimum absolute atomic E-state index is 0.194. The van der Waals surface area contributed by atoms with E-state index in [1.807, 2.05) is 0 Å². The van der Waals surface area contributed by atoms with E-state index in [0.717, 1.165) is 13.0 Å². The Hall–Kier alpha value is -0.860. The highest BCUT2D eigenvalue weighted by Gasteiger charge is 2.38. The van der Waals surface area contributed by atoms with Gasteiger partial charge in [0.05, 0.1) is 5.60 Å². The molecule has 21 heavy (non-hydrogen) atoms. The van der Waals surface area contributed by atoms with Gasteiger partial charge >= 0.3 is 0 Å². The minimum atomic E-state index is 0.194. The Kier molecular flexibility index (Phi) is 4.66. The average molecular weight is 287 g/mol. The lowest BCUT2D eigenvalue weighted by atomic mass is 9.78. The Morgan fingerprint density at radius 2 is 1.95 bits per heavy atom. The maximum Gasteiger partial charge on any atom is 0.0697 e. The molecule has 2 nitrogen and oxygen atoms in total. The molecule has 1 spiro atoms. The number of nitrogens with one attached hydrogen (secondary N) is 1. The third kappa shape index (κ3) is 3.49. The van der Waals surface area contributed by atoms with Crippen LogP contribution in [0, 0.1) is 6.92 Å². The fourth-order valence-electron chi connectivity index (χ4n) is 4.23. The molecule has 2 aliphatic rings. The van der Waals surface area contributed by atoms with Crippen molar-refractivity contribution in [2.75, 3.05) is 6.61 Å². The van der Waals surface area contributed by atoms with E-state index in [1.165, 1.54) is 49.7 Å². The molecule has 1 heterocycles. The lowest BCUT2D eigenvalue weighted by Crippen LogP contribution is -2.48. The van der Waals surface area contributed by atoms with Crippen LogP contribution in [0.1, 0.15) is 69.0 Å². The van der Waals surface area contributed by atoms with Crippen molar-refractivity contribution in [2.24, 2.45) is 0 Å². The largest absolute Gasteiger partial charge is 0.375 e. The summed E-state index contributed by atoms with van der Waals surface area (Å²) >= 11 is 0. The highest BCUT2D eigenvalue weighted by atomic mass is 16.5. The molecule has 1 aliphatic carbocycles. The van der Waals surface area contributed by atoms with Crippen LogP contribution in [-0.2, 0) is 4.74 Å². The van der Waals surface area contributed by atoms with E-state index in [0.29, 0.717) is 12.1 Å². The second-order valence-corrected chi connectivity index (χ2v) is 7.03. The van der Waals surface area contributed by atoms with E-state index in [1.54, 1.807) is 0 Å². The summed E-state index contributed by atoms with van der Waals surface area (Å²) in [6.07, 6.45) is 8.97. The van der Waals surface area contributed by atoms with Crippen LogP contribution in [0.3, 0.4) is 0 Å². The number of hydrogen-bond acceptors (Lipinski definition) is 2. The Balaban J connectivity index is 1.63. The lowest BCUT2D eigenvalue weighted by Gasteiger charge is -2.44. The first kappa shape index (κ1) is 15.1. The van der Waals surface area contributed by atoms with E-state index in [-0.39, 0.29) is 5.60 Å². The van der Waals surface area contributed by atoms with Gasteiger partial charge in [0.25, 0.3) is 0 Å². The predicted octanol–water partition coefficient (Wildman–Crippen LogP) is 4.53. The monoisotopic (exact) mass is 287 g/mol. The molecule has 0 aromatic heterocycles. The second kappa shape index (κ2) is 6.50. The zero-order valence-electron chi connectivity index (χ0n) is 13.5. The van der Waals surface area contributed by atoms with E-state index in [9.17, 15) is 0 Å². The topological polar surface area (TPSA) is 21.3 Å². The fourth-order valence-corrected chi connectivity index (χ4v) is 4.23. The van der Waals surface area contributed by atoms with E-state index >= 15 is 0 Å². The molecular weight excluding hydrogens is 258 g/mol.